The molecule has 6 heteroatoms. The SMILES string of the molecule is Cc1ccc(N2C(=O)CSC2c2cccc(NC(=O)C(Cl)c3ccccc3)c2)cc1. The lowest BCUT2D eigenvalue weighted by atomic mass is 10.1. The van der Waals surface area contributed by atoms with Crippen molar-refractivity contribution in [1.82, 2.24) is 0 Å². The Hall–Kier alpha value is -2.76. The first-order valence-corrected chi connectivity index (χ1v) is 11.1. The molecule has 30 heavy (non-hydrogen) atoms. The van der Waals surface area contributed by atoms with Gasteiger partial charge >= 0.3 is 0 Å². The molecule has 0 spiro atoms. The van der Waals surface area contributed by atoms with Crippen LogP contribution in [0.15, 0.2) is 78.9 Å². The molecule has 1 heterocycles. The zero-order chi connectivity index (χ0) is 21.1. The minimum absolute atomic E-state index is 0.0770. The van der Waals surface area contributed by atoms with Crippen molar-refractivity contribution < 1.29 is 9.59 Å². The van der Waals surface area contributed by atoms with Gasteiger partial charge in [0.1, 0.15) is 10.8 Å². The van der Waals surface area contributed by atoms with Gasteiger partial charge in [-0.15, -0.1) is 23.4 Å². The van der Waals surface area contributed by atoms with Crippen LogP contribution in [-0.4, -0.2) is 17.6 Å². The lowest BCUT2D eigenvalue weighted by Crippen LogP contribution is -2.27. The monoisotopic (exact) mass is 436 g/mol. The molecule has 1 fully saturated rings. The Labute approximate surface area is 185 Å². The molecule has 0 aromatic heterocycles. The van der Waals surface area contributed by atoms with Gasteiger partial charge in [-0.25, -0.2) is 0 Å². The van der Waals surface area contributed by atoms with Gasteiger partial charge in [-0.2, -0.15) is 0 Å². The van der Waals surface area contributed by atoms with E-state index in [9.17, 15) is 9.59 Å². The van der Waals surface area contributed by atoms with E-state index >= 15 is 0 Å². The molecule has 2 atom stereocenters. The second-order valence-corrected chi connectivity index (χ2v) is 8.66. The fraction of sp³-hybridized carbons (Fsp3) is 0.167. The average molecular weight is 437 g/mol. The number of carbonyl (C=O) groups is 2. The van der Waals surface area contributed by atoms with E-state index in [-0.39, 0.29) is 17.2 Å². The zero-order valence-electron chi connectivity index (χ0n) is 16.4. The molecule has 4 rings (SSSR count). The number of anilines is 2. The van der Waals surface area contributed by atoms with Crippen LogP contribution in [0.5, 0.6) is 0 Å². The molecule has 1 saturated heterocycles. The number of amides is 2. The van der Waals surface area contributed by atoms with Crippen LogP contribution >= 0.6 is 23.4 Å². The summed E-state index contributed by atoms with van der Waals surface area (Å²) in [6.07, 6.45) is 0. The summed E-state index contributed by atoms with van der Waals surface area (Å²) in [7, 11) is 0. The standard InChI is InChI=1S/C24H21ClN2O2S/c1-16-10-12-20(13-11-16)27-21(28)15-30-24(27)18-8-5-9-19(14-18)26-23(29)22(25)17-6-3-2-4-7-17/h2-14,22,24H,15H2,1H3,(H,26,29). The number of benzene rings is 3. The number of halogens is 1. The molecule has 152 valence electrons. The van der Waals surface area contributed by atoms with Gasteiger partial charge in [-0.3, -0.25) is 14.5 Å². The molecule has 0 aliphatic carbocycles. The van der Waals surface area contributed by atoms with E-state index < -0.39 is 5.38 Å². The fourth-order valence-corrected chi connectivity index (χ4v) is 4.77. The molecule has 2 unspecified atom stereocenters. The van der Waals surface area contributed by atoms with Crippen molar-refractivity contribution in [3.05, 3.63) is 95.6 Å². The zero-order valence-corrected chi connectivity index (χ0v) is 18.0. The van der Waals surface area contributed by atoms with Crippen LogP contribution in [0.25, 0.3) is 0 Å². The first-order valence-electron chi connectivity index (χ1n) is 9.63. The Bertz CT molecular complexity index is 1060. The summed E-state index contributed by atoms with van der Waals surface area (Å²) in [4.78, 5) is 27.0. The van der Waals surface area contributed by atoms with E-state index in [0.717, 1.165) is 22.4 Å². The van der Waals surface area contributed by atoms with Crippen molar-refractivity contribution in [1.29, 1.82) is 0 Å². The number of hydrogen-bond acceptors (Lipinski definition) is 3. The molecule has 0 saturated carbocycles. The maximum Gasteiger partial charge on any atom is 0.246 e. The third-order valence-corrected chi connectivity index (χ3v) is 6.60. The van der Waals surface area contributed by atoms with E-state index in [1.165, 1.54) is 0 Å². The largest absolute Gasteiger partial charge is 0.324 e. The molecule has 3 aromatic carbocycles. The van der Waals surface area contributed by atoms with Crippen LogP contribution in [0.4, 0.5) is 11.4 Å². The number of aryl methyl sites for hydroxylation is 1. The van der Waals surface area contributed by atoms with Gasteiger partial charge in [-0.1, -0.05) is 60.2 Å². The quantitative estimate of drug-likeness (QED) is 0.522. The minimum Gasteiger partial charge on any atom is -0.324 e. The number of nitrogens with zero attached hydrogens (tertiary/aromatic N) is 1. The molecule has 1 N–H and O–H groups in total. The molecular formula is C24H21ClN2O2S. The average Bonchev–Trinajstić information content (AvgIpc) is 3.16. The summed E-state index contributed by atoms with van der Waals surface area (Å²) >= 11 is 7.92. The van der Waals surface area contributed by atoms with Crippen LogP contribution in [0.3, 0.4) is 0 Å². The van der Waals surface area contributed by atoms with Gasteiger partial charge in [0.2, 0.25) is 11.8 Å². The molecule has 3 aromatic rings. The predicted molar refractivity (Wildman–Crippen MR) is 124 cm³/mol. The summed E-state index contributed by atoms with van der Waals surface area (Å²) in [5, 5.41) is 1.98. The van der Waals surface area contributed by atoms with Crippen molar-refractivity contribution in [3.8, 4) is 0 Å². The lowest BCUT2D eigenvalue weighted by Gasteiger charge is -2.25. The molecule has 0 bridgehead atoms. The number of hydrogen-bond donors (Lipinski definition) is 1. The van der Waals surface area contributed by atoms with E-state index in [2.05, 4.69) is 5.32 Å². The van der Waals surface area contributed by atoms with Crippen molar-refractivity contribution in [2.24, 2.45) is 0 Å². The van der Waals surface area contributed by atoms with Crippen LogP contribution in [0.1, 0.15) is 27.4 Å². The van der Waals surface area contributed by atoms with Crippen LogP contribution in [-0.2, 0) is 9.59 Å². The van der Waals surface area contributed by atoms with Gasteiger partial charge in [0.25, 0.3) is 0 Å². The summed E-state index contributed by atoms with van der Waals surface area (Å²) in [6, 6.07) is 24.8. The van der Waals surface area contributed by atoms with Gasteiger partial charge in [0.15, 0.2) is 0 Å². The normalized spacial score (nSPS) is 17.1. The number of thioether (sulfide) groups is 1. The summed E-state index contributed by atoms with van der Waals surface area (Å²) in [5.41, 5.74) is 4.38. The number of nitrogens with one attached hydrogen (secondary N) is 1. The van der Waals surface area contributed by atoms with Crippen molar-refractivity contribution in [3.63, 3.8) is 0 Å². The Morgan fingerprint density at radius 1 is 1.07 bits per heavy atom. The Balaban J connectivity index is 1.54. The van der Waals surface area contributed by atoms with Crippen molar-refractivity contribution >= 4 is 46.6 Å². The topological polar surface area (TPSA) is 49.4 Å². The highest BCUT2D eigenvalue weighted by atomic mass is 35.5. The summed E-state index contributed by atoms with van der Waals surface area (Å²) in [6.45, 7) is 2.02. The first kappa shape index (κ1) is 20.5. The Morgan fingerprint density at radius 3 is 2.53 bits per heavy atom. The molecule has 4 nitrogen and oxygen atoms in total. The first-order chi connectivity index (χ1) is 14.5. The van der Waals surface area contributed by atoms with E-state index in [0.29, 0.717) is 11.4 Å². The summed E-state index contributed by atoms with van der Waals surface area (Å²) < 4.78 is 0. The number of alkyl halides is 1. The fourth-order valence-electron chi connectivity index (χ4n) is 3.40. The van der Waals surface area contributed by atoms with Gasteiger partial charge in [-0.05, 0) is 42.3 Å². The van der Waals surface area contributed by atoms with Gasteiger partial charge in [0.05, 0.1) is 5.75 Å². The van der Waals surface area contributed by atoms with Crippen molar-refractivity contribution in [2.45, 2.75) is 17.7 Å². The Kier molecular flexibility index (Phi) is 6.11. The Morgan fingerprint density at radius 2 is 1.80 bits per heavy atom. The molecular weight excluding hydrogens is 416 g/mol. The molecule has 0 radical (unpaired) electrons. The van der Waals surface area contributed by atoms with E-state index in [1.807, 2.05) is 90.7 Å². The third kappa shape index (κ3) is 4.37. The van der Waals surface area contributed by atoms with Crippen LogP contribution in [0, 0.1) is 6.92 Å². The highest BCUT2D eigenvalue weighted by Gasteiger charge is 2.34. The van der Waals surface area contributed by atoms with E-state index in [1.54, 1.807) is 11.8 Å². The van der Waals surface area contributed by atoms with Crippen LogP contribution < -0.4 is 10.2 Å². The second kappa shape index (κ2) is 8.94. The van der Waals surface area contributed by atoms with E-state index in [4.69, 9.17) is 11.6 Å². The number of rotatable bonds is 5. The van der Waals surface area contributed by atoms with Gasteiger partial charge < -0.3 is 5.32 Å². The van der Waals surface area contributed by atoms with Crippen LogP contribution in [0.2, 0.25) is 0 Å². The van der Waals surface area contributed by atoms with Gasteiger partial charge in [0, 0.05) is 11.4 Å². The molecule has 1 aliphatic rings. The smallest absolute Gasteiger partial charge is 0.246 e. The molecule has 1 aliphatic heterocycles. The maximum atomic E-state index is 12.6. The maximum absolute atomic E-state index is 12.6. The molecule has 2 amide bonds. The summed E-state index contributed by atoms with van der Waals surface area (Å²) in [5.74, 6) is 0.214. The van der Waals surface area contributed by atoms with Crippen molar-refractivity contribution in [2.75, 3.05) is 16.0 Å². The predicted octanol–water partition coefficient (Wildman–Crippen LogP) is 5.69. The third-order valence-electron chi connectivity index (χ3n) is 4.94. The lowest BCUT2D eigenvalue weighted by molar-refractivity contribution is -0.116. The second-order valence-electron chi connectivity index (χ2n) is 7.15. The highest BCUT2D eigenvalue weighted by Crippen LogP contribution is 2.42. The minimum atomic E-state index is -0.777. The number of carbonyl (C=O) groups excluding carboxylic acids is 2. The highest BCUT2D eigenvalue weighted by molar-refractivity contribution is 8.00.